The molecule has 10 aromatic rings. The Hall–Kier alpha value is -6.06. The van der Waals surface area contributed by atoms with Gasteiger partial charge in [0.1, 0.15) is 0 Å². The number of nitrogens with zero attached hydrogens (tertiary/aromatic N) is 3. The van der Waals surface area contributed by atoms with Gasteiger partial charge in [0, 0.05) is 49.4 Å². The summed E-state index contributed by atoms with van der Waals surface area (Å²) >= 11 is 0. The summed E-state index contributed by atoms with van der Waals surface area (Å²) in [5.41, 5.74) is 16.3. The van der Waals surface area contributed by atoms with Crippen LogP contribution in [0.4, 0.5) is 0 Å². The average Bonchev–Trinajstić information content (AvgIpc) is 3.83. The zero-order chi connectivity index (χ0) is 43.0. The lowest BCUT2D eigenvalue weighted by Crippen LogP contribution is -2.10. The Morgan fingerprint density at radius 1 is 0.246 bits per heavy atom. The molecule has 0 radical (unpaired) electrons. The molecule has 0 aliphatic heterocycles. The molecule has 0 amide bonds. The van der Waals surface area contributed by atoms with Gasteiger partial charge in [-0.2, -0.15) is 0 Å². The molecule has 61 heavy (non-hydrogen) atoms. The van der Waals surface area contributed by atoms with Gasteiger partial charge in [-0.05, 0) is 129 Å². The summed E-state index contributed by atoms with van der Waals surface area (Å²) in [7, 11) is 0. The van der Waals surface area contributed by atoms with Crippen molar-refractivity contribution in [2.24, 2.45) is 0 Å². The number of fused-ring (bicyclic) bond motifs is 9. The van der Waals surface area contributed by atoms with Crippen LogP contribution in [0.5, 0.6) is 0 Å². The number of rotatable bonds is 3. The summed E-state index contributed by atoms with van der Waals surface area (Å²) in [4.78, 5) is 0. The van der Waals surface area contributed by atoms with Gasteiger partial charge >= 0.3 is 0 Å². The van der Waals surface area contributed by atoms with Crippen LogP contribution in [0.25, 0.3) is 82.5 Å². The van der Waals surface area contributed by atoms with Gasteiger partial charge in [0.25, 0.3) is 0 Å². The molecule has 0 atom stereocenters. The van der Waals surface area contributed by atoms with Crippen molar-refractivity contribution in [3.8, 4) is 17.1 Å². The SMILES string of the molecule is CC(C)(C)c1ccc2c(c1)c1cc(C(C)(C)C)ccc1n2-c1ccc2c3ccc(-n4c5ccc(C(C)(C)C)cc5c5cc(C(C)(C)C)ccc54)cc3n(-c3ccccc3)c2c1. The van der Waals surface area contributed by atoms with E-state index >= 15 is 0 Å². The first-order valence-corrected chi connectivity index (χ1v) is 22.1. The fraction of sp³-hybridized carbons (Fsp3) is 0.276. The van der Waals surface area contributed by atoms with Gasteiger partial charge in [-0.15, -0.1) is 0 Å². The highest BCUT2D eigenvalue weighted by Crippen LogP contribution is 2.42. The Balaban J connectivity index is 1.24. The van der Waals surface area contributed by atoms with Crippen LogP contribution < -0.4 is 0 Å². The van der Waals surface area contributed by atoms with E-state index in [1.165, 1.54) is 87.7 Å². The molecular weight excluding hydrogens is 739 g/mol. The van der Waals surface area contributed by atoms with Crippen molar-refractivity contribution in [2.75, 3.05) is 0 Å². The van der Waals surface area contributed by atoms with Crippen molar-refractivity contribution in [3.05, 3.63) is 162 Å². The number of para-hydroxylation sites is 1. The van der Waals surface area contributed by atoms with Gasteiger partial charge in [0.2, 0.25) is 0 Å². The molecule has 0 aliphatic rings. The largest absolute Gasteiger partial charge is 0.309 e. The number of aromatic nitrogens is 3. The number of benzene rings is 7. The summed E-state index contributed by atoms with van der Waals surface area (Å²) in [5.74, 6) is 0. The molecule has 3 heteroatoms. The quantitative estimate of drug-likeness (QED) is 0.169. The smallest absolute Gasteiger partial charge is 0.0561 e. The van der Waals surface area contributed by atoms with E-state index in [4.69, 9.17) is 0 Å². The second kappa shape index (κ2) is 13.2. The fourth-order valence-electron chi connectivity index (χ4n) is 9.60. The molecule has 0 fully saturated rings. The van der Waals surface area contributed by atoms with Crippen molar-refractivity contribution >= 4 is 65.4 Å². The Bertz CT molecular complexity index is 3020. The van der Waals surface area contributed by atoms with Crippen molar-refractivity contribution in [2.45, 2.75) is 105 Å². The molecule has 3 nitrogen and oxygen atoms in total. The molecule has 0 aliphatic carbocycles. The van der Waals surface area contributed by atoms with Gasteiger partial charge in [0.15, 0.2) is 0 Å². The van der Waals surface area contributed by atoms with Gasteiger partial charge in [0.05, 0.1) is 33.1 Å². The summed E-state index contributed by atoms with van der Waals surface area (Å²) in [5, 5.41) is 7.70. The normalized spacial score (nSPS) is 13.2. The highest BCUT2D eigenvalue weighted by Gasteiger charge is 2.24. The monoisotopic (exact) mass is 797 g/mol. The molecular formula is C58H59N3. The minimum Gasteiger partial charge on any atom is -0.309 e. The molecule has 306 valence electrons. The van der Waals surface area contributed by atoms with Gasteiger partial charge in [-0.25, -0.2) is 0 Å². The molecule has 0 saturated heterocycles. The first-order valence-electron chi connectivity index (χ1n) is 22.1. The van der Waals surface area contributed by atoms with E-state index in [1.807, 2.05) is 0 Å². The van der Waals surface area contributed by atoms with Crippen LogP contribution >= 0.6 is 0 Å². The topological polar surface area (TPSA) is 14.8 Å². The minimum absolute atomic E-state index is 0.0442. The summed E-state index contributed by atoms with van der Waals surface area (Å²) in [6.07, 6.45) is 0. The standard InChI is InChI=1S/C58H59N3/c1-55(2,3)36-18-26-49-45(30-36)46-31-37(56(4,5)6)19-27-50(46)60(49)41-22-24-43-44-25-23-42(35-54(44)59(53(43)34-41)40-16-14-13-15-17-40)61-51-28-20-38(57(7,8)9)32-47(51)48-33-39(58(10,11)12)21-29-52(48)61/h13-35H,1-12H3. The molecule has 3 heterocycles. The fourth-order valence-corrected chi connectivity index (χ4v) is 9.60. The summed E-state index contributed by atoms with van der Waals surface area (Å²) in [6, 6.07) is 53.5. The first kappa shape index (κ1) is 39.1. The van der Waals surface area contributed by atoms with E-state index in [-0.39, 0.29) is 21.7 Å². The maximum absolute atomic E-state index is 2.48. The molecule has 0 saturated carbocycles. The lowest BCUT2D eigenvalue weighted by molar-refractivity contribution is 0.590. The second-order valence-electron chi connectivity index (χ2n) is 21.7. The predicted octanol–water partition coefficient (Wildman–Crippen LogP) is 16.2. The van der Waals surface area contributed by atoms with Gasteiger partial charge < -0.3 is 13.7 Å². The lowest BCUT2D eigenvalue weighted by atomic mass is 9.85. The third-order valence-electron chi connectivity index (χ3n) is 13.3. The van der Waals surface area contributed by atoms with Crippen LogP contribution in [0.15, 0.2) is 140 Å². The van der Waals surface area contributed by atoms with E-state index in [0.717, 1.165) is 17.1 Å². The minimum atomic E-state index is 0.0442. The Morgan fingerprint density at radius 2 is 0.541 bits per heavy atom. The van der Waals surface area contributed by atoms with Crippen LogP contribution in [0.1, 0.15) is 105 Å². The van der Waals surface area contributed by atoms with E-state index in [9.17, 15) is 0 Å². The second-order valence-corrected chi connectivity index (χ2v) is 21.7. The van der Waals surface area contributed by atoms with E-state index in [2.05, 4.69) is 236 Å². The molecule has 0 bridgehead atoms. The maximum atomic E-state index is 2.48. The van der Waals surface area contributed by atoms with E-state index in [1.54, 1.807) is 0 Å². The molecule has 7 aromatic carbocycles. The zero-order valence-electron chi connectivity index (χ0n) is 38.1. The molecule has 3 aromatic heterocycles. The van der Waals surface area contributed by atoms with Crippen LogP contribution in [0, 0.1) is 0 Å². The molecule has 0 unspecified atom stereocenters. The van der Waals surface area contributed by atoms with E-state index < -0.39 is 0 Å². The lowest BCUT2D eigenvalue weighted by Gasteiger charge is -2.19. The third-order valence-corrected chi connectivity index (χ3v) is 13.3. The van der Waals surface area contributed by atoms with Crippen molar-refractivity contribution in [3.63, 3.8) is 0 Å². The van der Waals surface area contributed by atoms with Crippen LogP contribution in [-0.4, -0.2) is 13.7 Å². The maximum Gasteiger partial charge on any atom is 0.0561 e. The summed E-state index contributed by atoms with van der Waals surface area (Å²) < 4.78 is 7.44. The highest BCUT2D eigenvalue weighted by atomic mass is 15.0. The number of hydrogen-bond acceptors (Lipinski definition) is 0. The van der Waals surface area contributed by atoms with Gasteiger partial charge in [-0.3, -0.25) is 0 Å². The van der Waals surface area contributed by atoms with Crippen LogP contribution in [-0.2, 0) is 21.7 Å². The molecule has 0 spiro atoms. The van der Waals surface area contributed by atoms with Crippen molar-refractivity contribution in [1.29, 1.82) is 0 Å². The van der Waals surface area contributed by atoms with Crippen molar-refractivity contribution in [1.82, 2.24) is 13.7 Å². The van der Waals surface area contributed by atoms with Crippen LogP contribution in [0.2, 0.25) is 0 Å². The van der Waals surface area contributed by atoms with Crippen molar-refractivity contribution < 1.29 is 0 Å². The van der Waals surface area contributed by atoms with E-state index in [0.29, 0.717) is 0 Å². The Labute approximate surface area is 361 Å². The number of hydrogen-bond donors (Lipinski definition) is 0. The van der Waals surface area contributed by atoms with Crippen LogP contribution in [0.3, 0.4) is 0 Å². The highest BCUT2D eigenvalue weighted by molar-refractivity contribution is 6.14. The molecule has 10 rings (SSSR count). The van der Waals surface area contributed by atoms with Gasteiger partial charge in [-0.1, -0.05) is 138 Å². The first-order chi connectivity index (χ1) is 28.8. The average molecular weight is 798 g/mol. The zero-order valence-corrected chi connectivity index (χ0v) is 38.1. The molecule has 0 N–H and O–H groups in total. The predicted molar refractivity (Wildman–Crippen MR) is 264 cm³/mol. The Morgan fingerprint density at radius 3 is 0.836 bits per heavy atom. The Kier molecular flexibility index (Phi) is 8.47. The summed E-state index contributed by atoms with van der Waals surface area (Å²) in [6.45, 7) is 27.7. The third kappa shape index (κ3) is 6.30.